The van der Waals surface area contributed by atoms with Gasteiger partial charge in [0, 0.05) is 18.4 Å². The zero-order valence-electron chi connectivity index (χ0n) is 9.47. The highest BCUT2D eigenvalue weighted by Gasteiger charge is 2.38. The van der Waals surface area contributed by atoms with Gasteiger partial charge in [0.25, 0.3) is 0 Å². The van der Waals surface area contributed by atoms with Gasteiger partial charge in [0.2, 0.25) is 0 Å². The van der Waals surface area contributed by atoms with Crippen LogP contribution in [0.1, 0.15) is 26.2 Å². The lowest BCUT2D eigenvalue weighted by molar-refractivity contribution is -0.146. The second-order valence-corrected chi connectivity index (χ2v) is 4.33. The van der Waals surface area contributed by atoms with Crippen molar-refractivity contribution in [3.63, 3.8) is 0 Å². The molecule has 0 aromatic heterocycles. The van der Waals surface area contributed by atoms with Gasteiger partial charge < -0.3 is 14.9 Å². The second kappa shape index (κ2) is 4.24. The van der Waals surface area contributed by atoms with Crippen LogP contribution in [0.3, 0.4) is 0 Å². The maximum absolute atomic E-state index is 11.8. The molecule has 2 atom stereocenters. The lowest BCUT2D eigenvalue weighted by Gasteiger charge is -2.30. The Morgan fingerprint density at radius 2 is 2.00 bits per heavy atom. The van der Waals surface area contributed by atoms with E-state index in [4.69, 9.17) is 4.74 Å². The van der Waals surface area contributed by atoms with Crippen molar-refractivity contribution in [2.75, 3.05) is 0 Å². The summed E-state index contributed by atoms with van der Waals surface area (Å²) >= 11 is 0. The third-order valence-electron chi connectivity index (χ3n) is 3.10. The number of carbonyl (C=O) groups excluding carboxylic acids is 2. The highest BCUT2D eigenvalue weighted by Crippen LogP contribution is 2.34. The SMILES string of the molecule is CC1OC(=O)C=C(O)C1C1=C(O)CCCC1=O. The summed E-state index contributed by atoms with van der Waals surface area (Å²) in [7, 11) is 0. The number of carbonyl (C=O) groups is 2. The number of aliphatic hydroxyl groups is 2. The van der Waals surface area contributed by atoms with E-state index in [0.29, 0.717) is 19.3 Å². The van der Waals surface area contributed by atoms with Gasteiger partial charge in [-0.15, -0.1) is 0 Å². The van der Waals surface area contributed by atoms with Crippen LogP contribution in [0.5, 0.6) is 0 Å². The molecule has 1 heterocycles. The van der Waals surface area contributed by atoms with Crippen molar-refractivity contribution in [2.24, 2.45) is 5.92 Å². The maximum atomic E-state index is 11.8. The van der Waals surface area contributed by atoms with Crippen LogP contribution in [-0.4, -0.2) is 28.1 Å². The minimum atomic E-state index is -0.736. The number of ketones is 1. The molecule has 2 rings (SSSR count). The van der Waals surface area contributed by atoms with Crippen molar-refractivity contribution in [3.05, 3.63) is 23.2 Å². The molecule has 0 aromatic carbocycles. The van der Waals surface area contributed by atoms with E-state index in [1.807, 2.05) is 0 Å². The number of hydrogen-bond donors (Lipinski definition) is 2. The monoisotopic (exact) mass is 238 g/mol. The van der Waals surface area contributed by atoms with Crippen molar-refractivity contribution in [1.82, 2.24) is 0 Å². The Labute approximate surface area is 98.4 Å². The third kappa shape index (κ3) is 2.05. The summed E-state index contributed by atoms with van der Waals surface area (Å²) in [4.78, 5) is 22.8. The molecular formula is C12H14O5. The molecule has 0 spiro atoms. The number of cyclic esters (lactones) is 1. The van der Waals surface area contributed by atoms with E-state index >= 15 is 0 Å². The number of ether oxygens (including phenoxy) is 1. The third-order valence-corrected chi connectivity index (χ3v) is 3.10. The van der Waals surface area contributed by atoms with Crippen LogP contribution in [0, 0.1) is 5.92 Å². The quantitative estimate of drug-likeness (QED) is 0.677. The first-order valence-electron chi connectivity index (χ1n) is 5.57. The first-order chi connectivity index (χ1) is 8.00. The normalized spacial score (nSPS) is 30.1. The Bertz CT molecular complexity index is 432. The topological polar surface area (TPSA) is 83.8 Å². The van der Waals surface area contributed by atoms with Crippen LogP contribution in [0.25, 0.3) is 0 Å². The van der Waals surface area contributed by atoms with E-state index in [1.165, 1.54) is 0 Å². The molecule has 0 radical (unpaired) electrons. The molecule has 1 aliphatic heterocycles. The van der Waals surface area contributed by atoms with Crippen molar-refractivity contribution in [3.8, 4) is 0 Å². The van der Waals surface area contributed by atoms with Crippen molar-refractivity contribution in [2.45, 2.75) is 32.3 Å². The van der Waals surface area contributed by atoms with E-state index in [2.05, 4.69) is 0 Å². The minimum absolute atomic E-state index is 0.00370. The standard InChI is InChI=1S/C12H14O5/c1-6-11(9(15)5-10(16)17-6)12-7(13)3-2-4-8(12)14/h5-6,11,13,15H,2-4H2,1H3. The summed E-state index contributed by atoms with van der Waals surface area (Å²) in [5.74, 6) is -1.78. The Morgan fingerprint density at radius 3 is 2.59 bits per heavy atom. The van der Waals surface area contributed by atoms with Crippen LogP contribution in [0.2, 0.25) is 0 Å². The largest absolute Gasteiger partial charge is 0.512 e. The van der Waals surface area contributed by atoms with Gasteiger partial charge in [0.05, 0.1) is 17.8 Å². The smallest absolute Gasteiger partial charge is 0.334 e. The summed E-state index contributed by atoms with van der Waals surface area (Å²) in [5, 5.41) is 19.5. The van der Waals surface area contributed by atoms with Crippen LogP contribution in [-0.2, 0) is 14.3 Å². The van der Waals surface area contributed by atoms with Gasteiger partial charge >= 0.3 is 5.97 Å². The predicted molar refractivity (Wildman–Crippen MR) is 58.3 cm³/mol. The second-order valence-electron chi connectivity index (χ2n) is 4.33. The van der Waals surface area contributed by atoms with Gasteiger partial charge in [-0.2, -0.15) is 0 Å². The molecule has 0 saturated carbocycles. The lowest BCUT2D eigenvalue weighted by atomic mass is 9.82. The van der Waals surface area contributed by atoms with Crippen LogP contribution < -0.4 is 0 Å². The highest BCUT2D eigenvalue weighted by molar-refractivity contribution is 5.98. The molecule has 0 fully saturated rings. The van der Waals surface area contributed by atoms with Gasteiger partial charge in [-0.05, 0) is 13.3 Å². The first-order valence-corrected chi connectivity index (χ1v) is 5.57. The minimum Gasteiger partial charge on any atom is -0.512 e. The molecular weight excluding hydrogens is 224 g/mol. The number of allylic oxidation sites excluding steroid dienone is 1. The zero-order chi connectivity index (χ0) is 12.6. The van der Waals surface area contributed by atoms with Crippen molar-refractivity contribution in [1.29, 1.82) is 0 Å². The fourth-order valence-corrected chi connectivity index (χ4v) is 2.32. The van der Waals surface area contributed by atoms with E-state index in [-0.39, 0.29) is 22.9 Å². The Morgan fingerprint density at radius 1 is 1.29 bits per heavy atom. The number of aliphatic hydroxyl groups excluding tert-OH is 2. The van der Waals surface area contributed by atoms with E-state index < -0.39 is 18.0 Å². The number of hydrogen-bond acceptors (Lipinski definition) is 5. The molecule has 0 saturated heterocycles. The Balaban J connectivity index is 2.42. The average Bonchev–Trinajstić information content (AvgIpc) is 2.21. The molecule has 5 heteroatoms. The van der Waals surface area contributed by atoms with Crippen LogP contribution in [0.4, 0.5) is 0 Å². The number of rotatable bonds is 1. The van der Waals surface area contributed by atoms with Crippen LogP contribution in [0.15, 0.2) is 23.2 Å². The van der Waals surface area contributed by atoms with E-state index in [0.717, 1.165) is 6.08 Å². The molecule has 2 aliphatic rings. The molecule has 92 valence electrons. The van der Waals surface area contributed by atoms with Gasteiger partial charge in [-0.3, -0.25) is 4.79 Å². The fourth-order valence-electron chi connectivity index (χ4n) is 2.32. The fraction of sp³-hybridized carbons (Fsp3) is 0.500. The van der Waals surface area contributed by atoms with Crippen molar-refractivity contribution < 1.29 is 24.5 Å². The van der Waals surface area contributed by atoms with E-state index in [9.17, 15) is 19.8 Å². The summed E-state index contributed by atoms with van der Waals surface area (Å²) in [5.41, 5.74) is 0.185. The molecule has 0 bridgehead atoms. The zero-order valence-corrected chi connectivity index (χ0v) is 9.47. The maximum Gasteiger partial charge on any atom is 0.334 e. The van der Waals surface area contributed by atoms with Gasteiger partial charge in [0.1, 0.15) is 11.9 Å². The first kappa shape index (κ1) is 11.7. The van der Waals surface area contributed by atoms with E-state index in [1.54, 1.807) is 6.92 Å². The molecule has 0 aromatic rings. The van der Waals surface area contributed by atoms with Gasteiger partial charge in [-0.1, -0.05) is 0 Å². The summed E-state index contributed by atoms with van der Waals surface area (Å²) in [6.45, 7) is 1.59. The predicted octanol–water partition coefficient (Wildman–Crippen LogP) is 1.55. The van der Waals surface area contributed by atoms with Crippen LogP contribution >= 0.6 is 0 Å². The molecule has 5 nitrogen and oxygen atoms in total. The molecule has 1 aliphatic carbocycles. The summed E-state index contributed by atoms with van der Waals surface area (Å²) in [6.07, 6.45) is 1.69. The van der Waals surface area contributed by atoms with Gasteiger partial charge in [-0.25, -0.2) is 4.79 Å². The van der Waals surface area contributed by atoms with Crippen molar-refractivity contribution >= 4 is 11.8 Å². The average molecular weight is 238 g/mol. The highest BCUT2D eigenvalue weighted by atomic mass is 16.5. The lowest BCUT2D eigenvalue weighted by Crippen LogP contribution is -2.35. The number of Topliss-reactive ketones (excluding diaryl/α,β-unsaturated/α-hetero) is 1. The summed E-state index contributed by atoms with van der Waals surface area (Å²) < 4.78 is 4.95. The molecule has 2 N–H and O–H groups in total. The summed E-state index contributed by atoms with van der Waals surface area (Å²) in [6, 6.07) is 0. The number of esters is 1. The van der Waals surface area contributed by atoms with Gasteiger partial charge in [0.15, 0.2) is 5.78 Å². The molecule has 17 heavy (non-hydrogen) atoms. The molecule has 0 amide bonds. The Kier molecular flexibility index (Phi) is 2.92. The molecule has 2 unspecified atom stereocenters. The Hall–Kier alpha value is -1.78.